The van der Waals surface area contributed by atoms with Gasteiger partial charge in [-0.3, -0.25) is 4.79 Å². The van der Waals surface area contributed by atoms with Crippen molar-refractivity contribution >= 4 is 35.8 Å². The summed E-state index contributed by atoms with van der Waals surface area (Å²) in [4.78, 5) is 17.9. The number of likely N-dealkylation sites (N-methyl/N-ethyl adjacent to an activating group) is 1. The molecule has 1 aliphatic carbocycles. The molecule has 0 saturated heterocycles. The summed E-state index contributed by atoms with van der Waals surface area (Å²) in [5.41, 5.74) is 1.25. The summed E-state index contributed by atoms with van der Waals surface area (Å²) >= 11 is 0. The predicted octanol–water partition coefficient (Wildman–Crippen LogP) is 2.17. The summed E-state index contributed by atoms with van der Waals surface area (Å²) in [7, 11) is 3.50. The highest BCUT2D eigenvalue weighted by Crippen LogP contribution is 2.27. The Labute approximate surface area is 172 Å². The maximum atomic E-state index is 11.8. The zero-order valence-electron chi connectivity index (χ0n) is 15.5. The van der Waals surface area contributed by atoms with Gasteiger partial charge in [-0.1, -0.05) is 31.0 Å². The van der Waals surface area contributed by atoms with Crippen LogP contribution < -0.4 is 15.4 Å². The number of para-hydroxylation sites is 1. The third-order valence-corrected chi connectivity index (χ3v) is 4.78. The molecule has 1 unspecified atom stereocenters. The molecule has 7 heteroatoms. The molecule has 1 heterocycles. The number of guanidine groups is 1. The molecule has 1 aromatic carbocycles. The molecule has 1 aromatic rings. The maximum Gasteiger partial charge on any atom is 0.243 e. The monoisotopic (exact) mass is 472 g/mol. The van der Waals surface area contributed by atoms with Gasteiger partial charge in [0.25, 0.3) is 0 Å². The molecule has 0 bridgehead atoms. The first-order valence-corrected chi connectivity index (χ1v) is 9.11. The van der Waals surface area contributed by atoms with Crippen LogP contribution in [0.5, 0.6) is 5.75 Å². The Balaban J connectivity index is 0.00000243. The minimum Gasteiger partial charge on any atom is -0.488 e. The van der Waals surface area contributed by atoms with Crippen LogP contribution in [0.15, 0.2) is 29.3 Å². The van der Waals surface area contributed by atoms with E-state index in [1.165, 1.54) is 18.4 Å². The summed E-state index contributed by atoms with van der Waals surface area (Å²) in [6.45, 7) is 0.824. The van der Waals surface area contributed by atoms with Crippen LogP contribution in [0, 0.1) is 0 Å². The second-order valence-corrected chi connectivity index (χ2v) is 7.01. The molecular weight excluding hydrogens is 443 g/mol. The Morgan fingerprint density at radius 2 is 2.00 bits per heavy atom. The number of aliphatic imine (C=N–C) groups is 1. The van der Waals surface area contributed by atoms with Crippen LogP contribution in [0.3, 0.4) is 0 Å². The third kappa shape index (κ3) is 5.75. The van der Waals surface area contributed by atoms with E-state index in [-0.39, 0.29) is 42.5 Å². The van der Waals surface area contributed by atoms with Crippen molar-refractivity contribution in [2.24, 2.45) is 4.99 Å². The smallest absolute Gasteiger partial charge is 0.243 e. The van der Waals surface area contributed by atoms with Gasteiger partial charge < -0.3 is 20.3 Å². The lowest BCUT2D eigenvalue weighted by atomic mass is 10.1. The summed E-state index contributed by atoms with van der Waals surface area (Å²) in [5, 5.41) is 6.83. The summed E-state index contributed by atoms with van der Waals surface area (Å²) < 4.78 is 5.97. The maximum absolute atomic E-state index is 11.8. The normalized spacial score (nSPS) is 19.3. The van der Waals surface area contributed by atoms with Crippen LogP contribution in [0.4, 0.5) is 0 Å². The fourth-order valence-corrected chi connectivity index (χ4v) is 3.28. The topological polar surface area (TPSA) is 66.0 Å². The molecule has 0 aromatic heterocycles. The SMILES string of the molecule is CN(C)C(=O)CN=C(NCC1Cc2ccccc2O1)NC1CCCC1.I. The molecule has 3 rings (SSSR count). The first kappa shape index (κ1) is 20.8. The molecule has 1 saturated carbocycles. The van der Waals surface area contributed by atoms with Crippen LogP contribution in [0.2, 0.25) is 0 Å². The van der Waals surface area contributed by atoms with Crippen molar-refractivity contribution in [2.75, 3.05) is 27.2 Å². The van der Waals surface area contributed by atoms with Gasteiger partial charge in [0.1, 0.15) is 18.4 Å². The lowest BCUT2D eigenvalue weighted by Crippen LogP contribution is -2.46. The molecule has 1 aliphatic heterocycles. The highest BCUT2D eigenvalue weighted by atomic mass is 127. The van der Waals surface area contributed by atoms with Gasteiger partial charge in [0, 0.05) is 26.6 Å². The van der Waals surface area contributed by atoms with Crippen molar-refractivity contribution < 1.29 is 9.53 Å². The Morgan fingerprint density at radius 1 is 1.27 bits per heavy atom. The average molecular weight is 472 g/mol. The van der Waals surface area contributed by atoms with E-state index in [1.807, 2.05) is 18.2 Å². The highest BCUT2D eigenvalue weighted by Gasteiger charge is 2.23. The fraction of sp³-hybridized carbons (Fsp3) is 0.579. The third-order valence-electron chi connectivity index (χ3n) is 4.78. The van der Waals surface area contributed by atoms with Crippen molar-refractivity contribution in [2.45, 2.75) is 44.2 Å². The minimum absolute atomic E-state index is 0. The lowest BCUT2D eigenvalue weighted by molar-refractivity contribution is -0.127. The second-order valence-electron chi connectivity index (χ2n) is 7.01. The first-order valence-electron chi connectivity index (χ1n) is 9.11. The molecule has 144 valence electrons. The molecule has 1 atom stereocenters. The number of fused-ring (bicyclic) bond motifs is 1. The molecule has 0 spiro atoms. The zero-order valence-corrected chi connectivity index (χ0v) is 17.9. The van der Waals surface area contributed by atoms with Crippen molar-refractivity contribution in [3.8, 4) is 5.75 Å². The Kier molecular flexibility index (Phi) is 7.99. The number of hydrogen-bond donors (Lipinski definition) is 2. The molecule has 2 aliphatic rings. The minimum atomic E-state index is -0.00274. The van der Waals surface area contributed by atoms with Gasteiger partial charge in [-0.25, -0.2) is 4.99 Å². The van der Waals surface area contributed by atoms with Gasteiger partial charge in [-0.05, 0) is 24.5 Å². The van der Waals surface area contributed by atoms with Crippen LogP contribution in [-0.2, 0) is 11.2 Å². The molecule has 6 nitrogen and oxygen atoms in total. The van der Waals surface area contributed by atoms with Crippen molar-refractivity contribution in [1.29, 1.82) is 0 Å². The number of rotatable bonds is 5. The van der Waals surface area contributed by atoms with Crippen LogP contribution in [-0.4, -0.2) is 56.1 Å². The zero-order chi connectivity index (χ0) is 17.6. The van der Waals surface area contributed by atoms with Gasteiger partial charge in [-0.15, -0.1) is 24.0 Å². The van der Waals surface area contributed by atoms with Gasteiger partial charge in [-0.2, -0.15) is 0 Å². The standard InChI is InChI=1S/C19H28N4O2.HI/c1-23(2)18(24)13-21-19(22-15-8-4-5-9-15)20-12-16-11-14-7-3-6-10-17(14)25-16;/h3,6-7,10,15-16H,4-5,8-9,11-13H2,1-2H3,(H2,20,21,22);1H. The first-order chi connectivity index (χ1) is 12.1. The van der Waals surface area contributed by atoms with Crippen LogP contribution in [0.1, 0.15) is 31.2 Å². The van der Waals surface area contributed by atoms with Gasteiger partial charge in [0.2, 0.25) is 5.91 Å². The molecule has 0 radical (unpaired) electrons. The van der Waals surface area contributed by atoms with E-state index in [0.717, 1.165) is 25.0 Å². The number of halogens is 1. The van der Waals surface area contributed by atoms with Crippen molar-refractivity contribution in [3.05, 3.63) is 29.8 Å². The number of nitrogens with zero attached hydrogens (tertiary/aromatic N) is 2. The van der Waals surface area contributed by atoms with E-state index in [4.69, 9.17) is 4.74 Å². The van der Waals surface area contributed by atoms with E-state index in [2.05, 4.69) is 21.7 Å². The highest BCUT2D eigenvalue weighted by molar-refractivity contribution is 14.0. The Morgan fingerprint density at radius 3 is 2.69 bits per heavy atom. The molecule has 2 N–H and O–H groups in total. The largest absolute Gasteiger partial charge is 0.488 e. The quantitative estimate of drug-likeness (QED) is 0.392. The van der Waals surface area contributed by atoms with E-state index in [9.17, 15) is 4.79 Å². The van der Waals surface area contributed by atoms with E-state index in [0.29, 0.717) is 18.5 Å². The van der Waals surface area contributed by atoms with Crippen LogP contribution >= 0.6 is 24.0 Å². The van der Waals surface area contributed by atoms with Gasteiger partial charge in [0.15, 0.2) is 5.96 Å². The number of carbonyl (C=O) groups excluding carboxylic acids is 1. The van der Waals surface area contributed by atoms with Gasteiger partial charge in [0.05, 0.1) is 6.54 Å². The van der Waals surface area contributed by atoms with Gasteiger partial charge >= 0.3 is 0 Å². The predicted molar refractivity (Wildman–Crippen MR) is 114 cm³/mol. The molecule has 1 fully saturated rings. The summed E-state index contributed by atoms with van der Waals surface area (Å²) in [5.74, 6) is 1.68. The van der Waals surface area contributed by atoms with Crippen molar-refractivity contribution in [1.82, 2.24) is 15.5 Å². The Hall–Kier alpha value is -1.51. The number of carbonyl (C=O) groups is 1. The van der Waals surface area contributed by atoms with E-state index in [1.54, 1.807) is 19.0 Å². The number of nitrogens with one attached hydrogen (secondary N) is 2. The summed E-state index contributed by atoms with van der Waals surface area (Å²) in [6, 6.07) is 8.60. The van der Waals surface area contributed by atoms with Crippen LogP contribution in [0.25, 0.3) is 0 Å². The molecule has 26 heavy (non-hydrogen) atoms. The number of amides is 1. The fourth-order valence-electron chi connectivity index (χ4n) is 3.28. The van der Waals surface area contributed by atoms with E-state index < -0.39 is 0 Å². The summed E-state index contributed by atoms with van der Waals surface area (Å²) in [6.07, 6.45) is 5.82. The average Bonchev–Trinajstić information content (AvgIpc) is 3.25. The number of ether oxygens (including phenoxy) is 1. The lowest BCUT2D eigenvalue weighted by Gasteiger charge is -2.19. The van der Waals surface area contributed by atoms with Crippen molar-refractivity contribution in [3.63, 3.8) is 0 Å². The van der Waals surface area contributed by atoms with E-state index >= 15 is 0 Å². The molecular formula is C19H29IN4O2. The Bertz CT molecular complexity index is 605. The molecule has 1 amide bonds. The number of hydrogen-bond acceptors (Lipinski definition) is 3. The number of benzene rings is 1. The second kappa shape index (κ2) is 9.99.